The fraction of sp³-hybridized carbons (Fsp3) is 0.158. The zero-order valence-electron chi connectivity index (χ0n) is 14.3. The molecule has 0 spiro atoms. The number of carbonyl (C=O) groups excluding carboxylic acids is 1. The van der Waals surface area contributed by atoms with Crippen LogP contribution in [-0.4, -0.2) is 10.9 Å². The van der Waals surface area contributed by atoms with E-state index < -0.39 is 11.7 Å². The van der Waals surface area contributed by atoms with Crippen LogP contribution in [0.2, 0.25) is 0 Å². The van der Waals surface area contributed by atoms with Gasteiger partial charge in [0.05, 0.1) is 11.3 Å². The number of carbonyl (C=O) groups is 1. The number of halogens is 3. The molecule has 3 rings (SSSR count). The van der Waals surface area contributed by atoms with Crippen LogP contribution in [-0.2, 0) is 12.7 Å². The minimum absolute atomic E-state index is 0.00175. The summed E-state index contributed by atoms with van der Waals surface area (Å²) < 4.78 is 39.2. The number of rotatable bonds is 5. The molecule has 0 aliphatic carbocycles. The van der Waals surface area contributed by atoms with Gasteiger partial charge in [-0.05, 0) is 36.8 Å². The lowest BCUT2D eigenvalue weighted by Crippen LogP contribution is -2.13. The van der Waals surface area contributed by atoms with Crippen molar-refractivity contribution >= 4 is 28.1 Å². The van der Waals surface area contributed by atoms with E-state index in [4.69, 9.17) is 0 Å². The van der Waals surface area contributed by atoms with Crippen LogP contribution in [0.25, 0.3) is 0 Å². The zero-order valence-corrected chi connectivity index (χ0v) is 15.1. The van der Waals surface area contributed by atoms with E-state index in [0.717, 1.165) is 11.8 Å². The van der Waals surface area contributed by atoms with E-state index in [2.05, 4.69) is 15.6 Å². The lowest BCUT2D eigenvalue weighted by atomic mass is 10.1. The average molecular weight is 391 g/mol. The lowest BCUT2D eigenvalue weighted by Gasteiger charge is -2.14. The molecule has 1 heterocycles. The van der Waals surface area contributed by atoms with Crippen LogP contribution < -0.4 is 10.6 Å². The molecule has 0 aliphatic heterocycles. The Kier molecular flexibility index (Phi) is 5.46. The molecule has 0 unspecified atom stereocenters. The van der Waals surface area contributed by atoms with Gasteiger partial charge in [-0.1, -0.05) is 24.3 Å². The number of nitrogens with zero attached hydrogens (tertiary/aromatic N) is 1. The monoisotopic (exact) mass is 391 g/mol. The van der Waals surface area contributed by atoms with Crippen molar-refractivity contribution in [3.8, 4) is 0 Å². The summed E-state index contributed by atoms with van der Waals surface area (Å²) in [5.74, 6) is -0.318. The first-order chi connectivity index (χ1) is 12.8. The van der Waals surface area contributed by atoms with E-state index in [1.165, 1.54) is 29.5 Å². The molecule has 0 saturated heterocycles. The van der Waals surface area contributed by atoms with E-state index in [1.807, 2.05) is 12.3 Å². The van der Waals surface area contributed by atoms with Gasteiger partial charge >= 0.3 is 6.18 Å². The summed E-state index contributed by atoms with van der Waals surface area (Å²) in [6, 6.07) is 12.0. The third-order valence-electron chi connectivity index (χ3n) is 3.74. The van der Waals surface area contributed by atoms with Gasteiger partial charge in [0.1, 0.15) is 0 Å². The van der Waals surface area contributed by atoms with Crippen LogP contribution in [0, 0.1) is 6.92 Å². The molecule has 4 nitrogen and oxygen atoms in total. The molecule has 0 atom stereocenters. The second-order valence-electron chi connectivity index (χ2n) is 5.85. The quantitative estimate of drug-likeness (QED) is 0.618. The summed E-state index contributed by atoms with van der Waals surface area (Å²) in [7, 11) is 0. The number of hydrogen-bond acceptors (Lipinski definition) is 4. The van der Waals surface area contributed by atoms with Crippen molar-refractivity contribution in [2.45, 2.75) is 19.6 Å². The maximum absolute atomic E-state index is 13.1. The molecule has 2 N–H and O–H groups in total. The molecule has 8 heteroatoms. The first kappa shape index (κ1) is 18.9. The molecular formula is C19H16F3N3OS. The Bertz CT molecular complexity index is 953. The maximum atomic E-state index is 13.1. The predicted octanol–water partition coefficient (Wildman–Crippen LogP) is 5.33. The van der Waals surface area contributed by atoms with E-state index in [1.54, 1.807) is 24.3 Å². The summed E-state index contributed by atoms with van der Waals surface area (Å²) in [6.07, 6.45) is -4.43. The molecule has 1 aromatic heterocycles. The Morgan fingerprint density at radius 3 is 2.63 bits per heavy atom. The van der Waals surface area contributed by atoms with Crippen LogP contribution in [0.4, 0.5) is 24.0 Å². The number of alkyl halides is 3. The first-order valence-electron chi connectivity index (χ1n) is 8.05. The topological polar surface area (TPSA) is 54.0 Å². The Morgan fingerprint density at radius 2 is 1.93 bits per heavy atom. The number of amides is 1. The summed E-state index contributed by atoms with van der Waals surface area (Å²) in [5, 5.41) is 7.83. The number of para-hydroxylation sites is 1. The first-order valence-corrected chi connectivity index (χ1v) is 8.93. The Labute approximate surface area is 158 Å². The van der Waals surface area contributed by atoms with Gasteiger partial charge in [-0.2, -0.15) is 13.2 Å². The van der Waals surface area contributed by atoms with E-state index in [0.29, 0.717) is 16.3 Å². The number of aromatic nitrogens is 1. The van der Waals surface area contributed by atoms with Crippen LogP contribution in [0.15, 0.2) is 53.9 Å². The fourth-order valence-corrected chi connectivity index (χ4v) is 3.17. The largest absolute Gasteiger partial charge is 0.418 e. The van der Waals surface area contributed by atoms with Crippen molar-refractivity contribution in [3.05, 3.63) is 76.3 Å². The van der Waals surface area contributed by atoms with Crippen molar-refractivity contribution in [3.63, 3.8) is 0 Å². The van der Waals surface area contributed by atoms with E-state index in [9.17, 15) is 18.0 Å². The van der Waals surface area contributed by atoms with Gasteiger partial charge in [0.15, 0.2) is 5.13 Å². The highest BCUT2D eigenvalue weighted by molar-refractivity contribution is 7.13. The summed E-state index contributed by atoms with van der Waals surface area (Å²) in [4.78, 5) is 16.5. The number of anilines is 2. The fourth-order valence-electron chi connectivity index (χ4n) is 2.48. The van der Waals surface area contributed by atoms with E-state index in [-0.39, 0.29) is 18.1 Å². The molecule has 0 aliphatic rings. The van der Waals surface area contributed by atoms with Crippen LogP contribution in [0.3, 0.4) is 0 Å². The second-order valence-corrected chi connectivity index (χ2v) is 6.70. The normalized spacial score (nSPS) is 11.3. The van der Waals surface area contributed by atoms with Gasteiger partial charge in [-0.3, -0.25) is 10.1 Å². The molecule has 2 aromatic carbocycles. The zero-order chi connectivity index (χ0) is 19.4. The average Bonchev–Trinajstić information content (AvgIpc) is 3.04. The highest BCUT2D eigenvalue weighted by Crippen LogP contribution is 2.34. The van der Waals surface area contributed by atoms with Crippen molar-refractivity contribution < 1.29 is 18.0 Å². The van der Waals surface area contributed by atoms with Gasteiger partial charge < -0.3 is 5.32 Å². The summed E-state index contributed by atoms with van der Waals surface area (Å²) in [5.41, 5.74) is 1.19. The third-order valence-corrected chi connectivity index (χ3v) is 4.62. The highest BCUT2D eigenvalue weighted by Gasteiger charge is 2.33. The minimum atomic E-state index is -4.43. The molecule has 0 fully saturated rings. The van der Waals surface area contributed by atoms with Crippen LogP contribution in [0.5, 0.6) is 0 Å². The van der Waals surface area contributed by atoms with Crippen LogP contribution in [0.1, 0.15) is 27.2 Å². The van der Waals surface area contributed by atoms with Gasteiger partial charge in [0.2, 0.25) is 0 Å². The van der Waals surface area contributed by atoms with Crippen molar-refractivity contribution in [1.82, 2.24) is 4.98 Å². The molecule has 140 valence electrons. The standard InChI is InChI=1S/C19H16F3N3OS/c1-12-11-27-18(24-12)25-17(26)14-6-4-5-13(9-14)10-23-16-8-3-2-7-15(16)19(20,21)22/h2-9,11,23H,10H2,1H3,(H,24,25,26). The highest BCUT2D eigenvalue weighted by atomic mass is 32.1. The number of thiazole rings is 1. The van der Waals surface area contributed by atoms with Crippen molar-refractivity contribution in [2.75, 3.05) is 10.6 Å². The molecule has 0 bridgehead atoms. The molecule has 0 saturated carbocycles. The molecule has 3 aromatic rings. The minimum Gasteiger partial charge on any atom is -0.380 e. The Morgan fingerprint density at radius 1 is 1.15 bits per heavy atom. The smallest absolute Gasteiger partial charge is 0.380 e. The molecular weight excluding hydrogens is 375 g/mol. The Hall–Kier alpha value is -2.87. The SMILES string of the molecule is Cc1csc(NC(=O)c2cccc(CNc3ccccc3C(F)(F)F)c2)n1. The number of benzene rings is 2. The van der Waals surface area contributed by atoms with E-state index >= 15 is 0 Å². The van der Waals surface area contributed by atoms with Crippen molar-refractivity contribution in [2.24, 2.45) is 0 Å². The lowest BCUT2D eigenvalue weighted by molar-refractivity contribution is -0.137. The predicted molar refractivity (Wildman–Crippen MR) is 100 cm³/mol. The number of hydrogen-bond donors (Lipinski definition) is 2. The van der Waals surface area contributed by atoms with Gasteiger partial charge in [0, 0.05) is 23.2 Å². The van der Waals surface area contributed by atoms with Crippen LogP contribution >= 0.6 is 11.3 Å². The van der Waals surface area contributed by atoms with Gasteiger partial charge in [-0.15, -0.1) is 11.3 Å². The number of nitrogens with one attached hydrogen (secondary N) is 2. The molecule has 0 radical (unpaired) electrons. The molecule has 27 heavy (non-hydrogen) atoms. The van der Waals surface area contributed by atoms with Crippen molar-refractivity contribution in [1.29, 1.82) is 0 Å². The maximum Gasteiger partial charge on any atom is 0.418 e. The summed E-state index contributed by atoms with van der Waals surface area (Å²) >= 11 is 1.33. The third kappa shape index (κ3) is 4.85. The van der Waals surface area contributed by atoms with Gasteiger partial charge in [0.25, 0.3) is 5.91 Å². The Balaban J connectivity index is 1.71. The van der Waals surface area contributed by atoms with Gasteiger partial charge in [-0.25, -0.2) is 4.98 Å². The molecule has 1 amide bonds. The second kappa shape index (κ2) is 7.79. The summed E-state index contributed by atoms with van der Waals surface area (Å²) in [6.45, 7) is 1.99. The number of aryl methyl sites for hydroxylation is 1.